The molecule has 0 radical (unpaired) electrons. The summed E-state index contributed by atoms with van der Waals surface area (Å²) >= 11 is 1.83. The SMILES string of the molecule is CNC(c1ccsc1C)C(C)C. The van der Waals surface area contributed by atoms with Gasteiger partial charge >= 0.3 is 0 Å². The fraction of sp³-hybridized carbons (Fsp3) is 0.600. The first-order valence-corrected chi connectivity index (χ1v) is 5.26. The summed E-state index contributed by atoms with van der Waals surface area (Å²) < 4.78 is 0. The van der Waals surface area contributed by atoms with E-state index >= 15 is 0 Å². The molecular weight excluding hydrogens is 166 g/mol. The highest BCUT2D eigenvalue weighted by atomic mass is 32.1. The topological polar surface area (TPSA) is 12.0 Å². The lowest BCUT2D eigenvalue weighted by Crippen LogP contribution is -2.21. The van der Waals surface area contributed by atoms with Gasteiger partial charge in [-0.2, -0.15) is 0 Å². The third-order valence-electron chi connectivity index (χ3n) is 2.21. The van der Waals surface area contributed by atoms with Gasteiger partial charge in [-0.25, -0.2) is 0 Å². The molecule has 1 nitrogen and oxygen atoms in total. The van der Waals surface area contributed by atoms with E-state index in [1.807, 2.05) is 18.4 Å². The Morgan fingerprint density at radius 1 is 1.42 bits per heavy atom. The fourth-order valence-electron chi connectivity index (χ4n) is 1.57. The average Bonchev–Trinajstić information content (AvgIpc) is 2.38. The summed E-state index contributed by atoms with van der Waals surface area (Å²) in [4.78, 5) is 1.43. The monoisotopic (exact) mass is 183 g/mol. The van der Waals surface area contributed by atoms with Gasteiger partial charge in [0.05, 0.1) is 0 Å². The maximum absolute atomic E-state index is 3.35. The van der Waals surface area contributed by atoms with Crippen LogP contribution in [0.1, 0.15) is 30.3 Å². The normalized spacial score (nSPS) is 13.8. The summed E-state index contributed by atoms with van der Waals surface area (Å²) in [5.41, 5.74) is 1.46. The first-order valence-electron chi connectivity index (χ1n) is 4.38. The Balaban J connectivity index is 2.87. The Morgan fingerprint density at radius 3 is 2.42 bits per heavy atom. The van der Waals surface area contributed by atoms with Gasteiger partial charge in [0.25, 0.3) is 0 Å². The van der Waals surface area contributed by atoms with E-state index in [2.05, 4.69) is 37.5 Å². The molecule has 1 unspecified atom stereocenters. The van der Waals surface area contributed by atoms with E-state index in [1.165, 1.54) is 10.4 Å². The lowest BCUT2D eigenvalue weighted by atomic mass is 9.97. The molecule has 0 aliphatic heterocycles. The van der Waals surface area contributed by atoms with Crippen LogP contribution in [0.25, 0.3) is 0 Å². The largest absolute Gasteiger partial charge is 0.313 e. The molecule has 2 heteroatoms. The second-order valence-corrected chi connectivity index (χ2v) is 4.56. The molecule has 12 heavy (non-hydrogen) atoms. The Bertz CT molecular complexity index is 240. The number of hydrogen-bond acceptors (Lipinski definition) is 2. The van der Waals surface area contributed by atoms with Crippen molar-refractivity contribution in [2.75, 3.05) is 7.05 Å². The third-order valence-corrected chi connectivity index (χ3v) is 3.07. The van der Waals surface area contributed by atoms with Gasteiger partial charge in [0.1, 0.15) is 0 Å². The van der Waals surface area contributed by atoms with Gasteiger partial charge in [0.15, 0.2) is 0 Å². The number of aryl methyl sites for hydroxylation is 1. The van der Waals surface area contributed by atoms with Crippen LogP contribution in [0.2, 0.25) is 0 Å². The van der Waals surface area contributed by atoms with Crippen LogP contribution in [0, 0.1) is 12.8 Å². The molecular formula is C10H17NS. The Kier molecular flexibility index (Phi) is 3.29. The van der Waals surface area contributed by atoms with Gasteiger partial charge in [-0.05, 0) is 36.9 Å². The predicted molar refractivity (Wildman–Crippen MR) is 55.7 cm³/mol. The highest BCUT2D eigenvalue weighted by Crippen LogP contribution is 2.27. The molecule has 68 valence electrons. The highest BCUT2D eigenvalue weighted by molar-refractivity contribution is 7.10. The van der Waals surface area contributed by atoms with Gasteiger partial charge in [0.2, 0.25) is 0 Å². The Labute approximate surface area is 78.8 Å². The quantitative estimate of drug-likeness (QED) is 0.759. The van der Waals surface area contributed by atoms with Crippen molar-refractivity contribution >= 4 is 11.3 Å². The second kappa shape index (κ2) is 4.06. The van der Waals surface area contributed by atoms with Crippen LogP contribution in [0.15, 0.2) is 11.4 Å². The van der Waals surface area contributed by atoms with E-state index in [4.69, 9.17) is 0 Å². The van der Waals surface area contributed by atoms with Crippen molar-refractivity contribution in [3.05, 3.63) is 21.9 Å². The molecule has 0 aliphatic carbocycles. The molecule has 1 rings (SSSR count). The maximum Gasteiger partial charge on any atom is 0.0351 e. The Morgan fingerprint density at radius 2 is 2.08 bits per heavy atom. The molecule has 0 saturated heterocycles. The smallest absolute Gasteiger partial charge is 0.0351 e. The van der Waals surface area contributed by atoms with Crippen molar-refractivity contribution in [3.8, 4) is 0 Å². The van der Waals surface area contributed by atoms with Gasteiger partial charge in [0, 0.05) is 10.9 Å². The van der Waals surface area contributed by atoms with Gasteiger partial charge < -0.3 is 5.32 Å². The zero-order chi connectivity index (χ0) is 9.14. The van der Waals surface area contributed by atoms with Crippen LogP contribution in [0.4, 0.5) is 0 Å². The van der Waals surface area contributed by atoms with E-state index < -0.39 is 0 Å². The molecule has 0 spiro atoms. The molecule has 1 atom stereocenters. The zero-order valence-corrected chi connectivity index (χ0v) is 9.03. The van der Waals surface area contributed by atoms with E-state index in [9.17, 15) is 0 Å². The van der Waals surface area contributed by atoms with Gasteiger partial charge in [-0.3, -0.25) is 0 Å². The lowest BCUT2D eigenvalue weighted by molar-refractivity contribution is 0.443. The molecule has 1 aromatic rings. The number of rotatable bonds is 3. The number of hydrogen-bond donors (Lipinski definition) is 1. The van der Waals surface area contributed by atoms with Crippen LogP contribution >= 0.6 is 11.3 Å². The maximum atomic E-state index is 3.35. The standard InChI is InChI=1S/C10H17NS/c1-7(2)10(11-4)9-5-6-12-8(9)3/h5-7,10-11H,1-4H3. The van der Waals surface area contributed by atoms with Gasteiger partial charge in [-0.15, -0.1) is 11.3 Å². The number of nitrogens with one attached hydrogen (secondary N) is 1. The molecule has 0 amide bonds. The summed E-state index contributed by atoms with van der Waals surface area (Å²) in [6, 6.07) is 2.73. The number of thiophene rings is 1. The van der Waals surface area contributed by atoms with Crippen LogP contribution < -0.4 is 5.32 Å². The van der Waals surface area contributed by atoms with Crippen molar-refractivity contribution in [2.45, 2.75) is 26.8 Å². The molecule has 1 heterocycles. The molecule has 0 bridgehead atoms. The third kappa shape index (κ3) is 1.87. The molecule has 1 aromatic heterocycles. The van der Waals surface area contributed by atoms with E-state index in [0.29, 0.717) is 12.0 Å². The summed E-state index contributed by atoms with van der Waals surface area (Å²) in [5.74, 6) is 0.656. The average molecular weight is 183 g/mol. The van der Waals surface area contributed by atoms with Crippen LogP contribution in [-0.2, 0) is 0 Å². The molecule has 0 fully saturated rings. The first kappa shape index (κ1) is 9.75. The molecule has 0 aromatic carbocycles. The van der Waals surface area contributed by atoms with Crippen molar-refractivity contribution in [3.63, 3.8) is 0 Å². The summed E-state index contributed by atoms with van der Waals surface area (Å²) in [6.45, 7) is 6.68. The lowest BCUT2D eigenvalue weighted by Gasteiger charge is -2.20. The minimum atomic E-state index is 0.510. The van der Waals surface area contributed by atoms with Gasteiger partial charge in [-0.1, -0.05) is 13.8 Å². The van der Waals surface area contributed by atoms with E-state index in [-0.39, 0.29) is 0 Å². The van der Waals surface area contributed by atoms with Crippen LogP contribution in [-0.4, -0.2) is 7.05 Å². The summed E-state index contributed by atoms with van der Waals surface area (Å²) in [7, 11) is 2.03. The van der Waals surface area contributed by atoms with E-state index in [0.717, 1.165) is 0 Å². The summed E-state index contributed by atoms with van der Waals surface area (Å²) in [5, 5.41) is 5.52. The molecule has 1 N–H and O–H groups in total. The highest BCUT2D eigenvalue weighted by Gasteiger charge is 2.15. The van der Waals surface area contributed by atoms with Crippen LogP contribution in [0.5, 0.6) is 0 Å². The van der Waals surface area contributed by atoms with Crippen molar-refractivity contribution in [1.29, 1.82) is 0 Å². The minimum absolute atomic E-state index is 0.510. The molecule has 0 aliphatic rings. The zero-order valence-electron chi connectivity index (χ0n) is 8.22. The van der Waals surface area contributed by atoms with Crippen molar-refractivity contribution < 1.29 is 0 Å². The fourth-order valence-corrected chi connectivity index (χ4v) is 2.32. The first-order chi connectivity index (χ1) is 5.66. The van der Waals surface area contributed by atoms with E-state index in [1.54, 1.807) is 0 Å². The Hall–Kier alpha value is -0.340. The minimum Gasteiger partial charge on any atom is -0.313 e. The van der Waals surface area contributed by atoms with Crippen molar-refractivity contribution in [2.24, 2.45) is 5.92 Å². The summed E-state index contributed by atoms with van der Waals surface area (Å²) in [6.07, 6.45) is 0. The van der Waals surface area contributed by atoms with Crippen molar-refractivity contribution in [1.82, 2.24) is 5.32 Å². The predicted octanol–water partition coefficient (Wildman–Crippen LogP) is 2.97. The van der Waals surface area contributed by atoms with Crippen LogP contribution in [0.3, 0.4) is 0 Å². The second-order valence-electron chi connectivity index (χ2n) is 3.44. The molecule has 0 saturated carbocycles.